The van der Waals surface area contributed by atoms with E-state index in [2.05, 4.69) is 217 Å². The van der Waals surface area contributed by atoms with E-state index in [4.69, 9.17) is 0 Å². The van der Waals surface area contributed by atoms with Crippen molar-refractivity contribution in [3.8, 4) is 0 Å². The van der Waals surface area contributed by atoms with Crippen molar-refractivity contribution < 1.29 is 24.2 Å². The van der Waals surface area contributed by atoms with Gasteiger partial charge in [-0.15, -0.1) is 57.3 Å². The summed E-state index contributed by atoms with van der Waals surface area (Å²) >= 11 is 1.46. The molecule has 1 aliphatic carbocycles. The Balaban J connectivity index is 0.000000137. The Morgan fingerprint density at radius 3 is 1.35 bits per heavy atom. The van der Waals surface area contributed by atoms with Gasteiger partial charge in [-0.25, -0.2) is 6.08 Å². The first kappa shape index (κ1) is 37.2. The van der Waals surface area contributed by atoms with E-state index in [0.717, 1.165) is 6.42 Å². The first-order chi connectivity index (χ1) is 25.0. The fourth-order valence-corrected chi connectivity index (χ4v) is 7.36. The topological polar surface area (TPSA) is 0 Å². The Morgan fingerprint density at radius 1 is 0.519 bits per heavy atom. The van der Waals surface area contributed by atoms with Gasteiger partial charge in [-0.3, -0.25) is 6.08 Å². The summed E-state index contributed by atoms with van der Waals surface area (Å²) in [6.45, 7) is 13.6. The van der Waals surface area contributed by atoms with Gasteiger partial charge in [0.1, 0.15) is 0 Å². The van der Waals surface area contributed by atoms with E-state index in [1.54, 1.807) is 0 Å². The molecule has 0 saturated carbocycles. The molecule has 0 unspecified atom stereocenters. The van der Waals surface area contributed by atoms with Crippen molar-refractivity contribution in [2.75, 3.05) is 0 Å². The first-order valence-electron chi connectivity index (χ1n) is 18.2. The zero-order chi connectivity index (χ0) is 36.7. The third-order valence-corrected chi connectivity index (χ3v) is 11.0. The summed E-state index contributed by atoms with van der Waals surface area (Å²) in [7, 11) is 0. The van der Waals surface area contributed by atoms with Gasteiger partial charge < -0.3 is 0 Å². The molecule has 0 bridgehead atoms. The molecule has 0 amide bonds. The molecule has 0 heterocycles. The third-order valence-electron chi connectivity index (χ3n) is 9.62. The summed E-state index contributed by atoms with van der Waals surface area (Å²) in [6, 6.07) is 58.4. The van der Waals surface area contributed by atoms with Crippen molar-refractivity contribution in [2.24, 2.45) is 0 Å². The summed E-state index contributed by atoms with van der Waals surface area (Å²) in [6.07, 6.45) is 6.34. The van der Waals surface area contributed by atoms with Crippen LogP contribution in [-0.2, 0) is 35.1 Å². The number of hydrogen-bond donors (Lipinski definition) is 0. The van der Waals surface area contributed by atoms with Crippen molar-refractivity contribution in [3.05, 3.63) is 209 Å². The van der Waals surface area contributed by atoms with Gasteiger partial charge in [0.2, 0.25) is 0 Å². The van der Waals surface area contributed by atoms with Crippen LogP contribution in [0.5, 0.6) is 0 Å². The van der Waals surface area contributed by atoms with Crippen LogP contribution < -0.4 is 0 Å². The summed E-state index contributed by atoms with van der Waals surface area (Å²) in [5, 5.41) is 5.48. The van der Waals surface area contributed by atoms with Crippen LogP contribution in [0.3, 0.4) is 0 Å². The fourth-order valence-electron chi connectivity index (χ4n) is 6.54. The SMILES string of the molecule is CC(C)(C)c1ccc2c(c1)[cH-]c1cc(C(C)(C)C)ccc12.[C-]1=CC(c2ccccc2)=C(c2ccccc2)C1.[Zr+2]=[C](c1ccccc1)c1ccccc1. The molecule has 0 atom stereocenters. The summed E-state index contributed by atoms with van der Waals surface area (Å²) in [5.74, 6) is 0. The Hall–Kier alpha value is -4.58. The predicted molar refractivity (Wildman–Crippen MR) is 223 cm³/mol. The molecule has 0 radical (unpaired) electrons. The van der Waals surface area contributed by atoms with E-state index in [1.165, 1.54) is 93.5 Å². The van der Waals surface area contributed by atoms with Gasteiger partial charge in [-0.1, -0.05) is 138 Å². The Kier molecular flexibility index (Phi) is 11.7. The molecule has 0 aliphatic heterocycles. The van der Waals surface area contributed by atoms with Crippen molar-refractivity contribution in [3.63, 3.8) is 0 Å². The van der Waals surface area contributed by atoms with E-state index in [9.17, 15) is 0 Å². The van der Waals surface area contributed by atoms with Crippen LogP contribution in [0.4, 0.5) is 0 Å². The minimum atomic E-state index is 0.203. The van der Waals surface area contributed by atoms with Gasteiger partial charge in [0.25, 0.3) is 0 Å². The van der Waals surface area contributed by atoms with Gasteiger partial charge in [0.05, 0.1) is 0 Å². The Labute approximate surface area is 326 Å². The second-order valence-corrected chi connectivity index (χ2v) is 16.7. The van der Waals surface area contributed by atoms with Crippen LogP contribution in [0.15, 0.2) is 170 Å². The number of fused-ring (bicyclic) bond motifs is 3. The molecule has 0 saturated heterocycles. The monoisotopic (exact) mass is 750 g/mol. The molecule has 0 fully saturated rings. The standard InChI is InChI=1S/C21H25.C17H13.C13H10.Zr/c1-20(2,3)16-7-9-18-14(12-16)11-15-13-17(21(4,5)6)8-10-19(15)18;1-3-8-14(9-4-1)16-12-7-13-17(16)15-10-5-2-6-11-15;1-3-7-12(8-4-1)11-13-9-5-2-6-10-13;/h7-13H,1-6H3;1-6,8-12H,13H2;1-10H;/q2*-1;;+2. The third kappa shape index (κ3) is 9.07. The van der Waals surface area contributed by atoms with Crippen LogP contribution >= 0.6 is 0 Å². The maximum absolute atomic E-state index is 3.32. The van der Waals surface area contributed by atoms with Crippen molar-refractivity contribution >= 4 is 35.9 Å². The van der Waals surface area contributed by atoms with Gasteiger partial charge >= 0.3 is 99.2 Å². The van der Waals surface area contributed by atoms with Crippen LogP contribution in [0.2, 0.25) is 0 Å². The second kappa shape index (κ2) is 16.4. The van der Waals surface area contributed by atoms with Gasteiger partial charge in [0, 0.05) is 0 Å². The molecular weight excluding hydrogens is 704 g/mol. The molecule has 1 aliphatic rings. The fraction of sp³-hybridized carbons (Fsp3) is 0.176. The average molecular weight is 752 g/mol. The number of hydrogen-bond acceptors (Lipinski definition) is 0. The molecule has 256 valence electrons. The Bertz CT molecular complexity index is 2200. The number of allylic oxidation sites excluding steroid dienone is 4. The van der Waals surface area contributed by atoms with Crippen molar-refractivity contribution in [1.29, 1.82) is 0 Å². The molecule has 0 nitrogen and oxygen atoms in total. The maximum atomic E-state index is 3.32. The molecular formula is C51H48Zr. The normalized spacial score (nSPS) is 12.7. The van der Waals surface area contributed by atoms with Crippen LogP contribution in [-0.4, -0.2) is 3.21 Å². The molecule has 8 rings (SSSR count). The molecule has 0 aromatic heterocycles. The number of rotatable bonds is 4. The van der Waals surface area contributed by atoms with Crippen LogP contribution in [0, 0.1) is 6.08 Å². The van der Waals surface area contributed by atoms with E-state index in [1.807, 2.05) is 0 Å². The van der Waals surface area contributed by atoms with Gasteiger partial charge in [-0.05, 0) is 16.4 Å². The van der Waals surface area contributed by atoms with E-state index >= 15 is 0 Å². The molecule has 0 N–H and O–H groups in total. The summed E-state index contributed by atoms with van der Waals surface area (Å²) < 4.78 is 1.42. The van der Waals surface area contributed by atoms with Crippen molar-refractivity contribution in [2.45, 2.75) is 58.8 Å². The second-order valence-electron chi connectivity index (χ2n) is 15.5. The molecule has 52 heavy (non-hydrogen) atoms. The van der Waals surface area contributed by atoms with E-state index < -0.39 is 0 Å². The van der Waals surface area contributed by atoms with Gasteiger partial charge in [0.15, 0.2) is 0 Å². The quantitative estimate of drug-likeness (QED) is 0.157. The molecule has 7 aromatic rings. The molecule has 7 aromatic carbocycles. The van der Waals surface area contributed by atoms with E-state index in [0.29, 0.717) is 0 Å². The predicted octanol–water partition coefficient (Wildman–Crippen LogP) is 13.5. The zero-order valence-corrected chi connectivity index (χ0v) is 33.8. The van der Waals surface area contributed by atoms with Crippen molar-refractivity contribution in [1.82, 2.24) is 0 Å². The summed E-state index contributed by atoms with van der Waals surface area (Å²) in [5.41, 5.74) is 11.1. The molecule has 0 spiro atoms. The Morgan fingerprint density at radius 2 is 0.923 bits per heavy atom. The minimum absolute atomic E-state index is 0.203. The van der Waals surface area contributed by atoms with E-state index in [-0.39, 0.29) is 10.8 Å². The van der Waals surface area contributed by atoms with Crippen LogP contribution in [0.1, 0.15) is 81.3 Å². The molecule has 1 heteroatoms. The summed E-state index contributed by atoms with van der Waals surface area (Å²) in [4.78, 5) is 0. The first-order valence-corrected chi connectivity index (χ1v) is 19.5. The number of benzene rings is 6. The average Bonchev–Trinajstić information content (AvgIpc) is 3.81. The zero-order valence-electron chi connectivity index (χ0n) is 31.4. The van der Waals surface area contributed by atoms with Crippen LogP contribution in [0.25, 0.3) is 32.7 Å². The van der Waals surface area contributed by atoms with Gasteiger partial charge in [-0.2, -0.15) is 5.57 Å².